The van der Waals surface area contributed by atoms with Gasteiger partial charge in [0.05, 0.1) is 4.90 Å². The quantitative estimate of drug-likeness (QED) is 0.801. The fourth-order valence-corrected chi connectivity index (χ4v) is 5.54. The number of nitrogens with zero attached hydrogens (tertiary/aromatic N) is 2. The standard InChI is InChI=1S/C20H31N3O3S/c1-2-4-16-7-9-18(10-8-16)27(25,26)23-13-11-22(12-14-23)20(24)15-17-5-3-6-19(17)21/h7-10,17,19H,2-6,11-15,21H2,1H3/t17-,19+/m0/s1. The van der Waals surface area contributed by atoms with Crippen LogP contribution in [0.15, 0.2) is 29.2 Å². The van der Waals surface area contributed by atoms with E-state index in [1.165, 1.54) is 4.31 Å². The van der Waals surface area contributed by atoms with Crippen molar-refractivity contribution in [1.29, 1.82) is 0 Å². The largest absolute Gasteiger partial charge is 0.340 e. The van der Waals surface area contributed by atoms with E-state index in [1.54, 1.807) is 17.0 Å². The summed E-state index contributed by atoms with van der Waals surface area (Å²) in [6, 6.07) is 7.30. The molecule has 27 heavy (non-hydrogen) atoms. The predicted molar refractivity (Wildman–Crippen MR) is 106 cm³/mol. The molecule has 7 heteroatoms. The Morgan fingerprint density at radius 2 is 1.78 bits per heavy atom. The van der Waals surface area contributed by atoms with Crippen LogP contribution < -0.4 is 5.73 Å². The molecule has 1 heterocycles. The fraction of sp³-hybridized carbons (Fsp3) is 0.650. The van der Waals surface area contributed by atoms with Gasteiger partial charge >= 0.3 is 0 Å². The molecule has 2 fully saturated rings. The van der Waals surface area contributed by atoms with E-state index in [9.17, 15) is 13.2 Å². The molecule has 0 bridgehead atoms. The first-order valence-electron chi connectivity index (χ1n) is 10.0. The van der Waals surface area contributed by atoms with Gasteiger partial charge in [0.25, 0.3) is 0 Å². The first kappa shape index (κ1) is 20.3. The molecule has 1 saturated carbocycles. The van der Waals surface area contributed by atoms with Crippen LogP contribution in [0.5, 0.6) is 0 Å². The summed E-state index contributed by atoms with van der Waals surface area (Å²) in [5.41, 5.74) is 7.22. The first-order chi connectivity index (χ1) is 12.9. The summed E-state index contributed by atoms with van der Waals surface area (Å²) in [4.78, 5) is 14.7. The predicted octanol–water partition coefficient (Wildman–Crippen LogP) is 1.99. The zero-order valence-corrected chi connectivity index (χ0v) is 17.0. The third-order valence-corrected chi connectivity index (χ3v) is 7.76. The Labute approximate surface area is 162 Å². The van der Waals surface area contributed by atoms with Crippen molar-refractivity contribution >= 4 is 15.9 Å². The number of piperazine rings is 1. The van der Waals surface area contributed by atoms with Gasteiger partial charge in [0.1, 0.15) is 0 Å². The summed E-state index contributed by atoms with van der Waals surface area (Å²) in [5, 5.41) is 0. The van der Waals surface area contributed by atoms with Crippen LogP contribution in [0.3, 0.4) is 0 Å². The van der Waals surface area contributed by atoms with Gasteiger partial charge in [0, 0.05) is 38.6 Å². The van der Waals surface area contributed by atoms with E-state index in [1.807, 2.05) is 12.1 Å². The van der Waals surface area contributed by atoms with Crippen LogP contribution in [0, 0.1) is 5.92 Å². The zero-order valence-electron chi connectivity index (χ0n) is 16.1. The highest BCUT2D eigenvalue weighted by atomic mass is 32.2. The maximum Gasteiger partial charge on any atom is 0.243 e. The highest BCUT2D eigenvalue weighted by Gasteiger charge is 2.32. The van der Waals surface area contributed by atoms with E-state index in [0.717, 1.165) is 37.7 Å². The number of aryl methyl sites for hydroxylation is 1. The lowest BCUT2D eigenvalue weighted by Gasteiger charge is -2.34. The first-order valence-corrected chi connectivity index (χ1v) is 11.5. The molecular weight excluding hydrogens is 362 g/mol. The second-order valence-electron chi connectivity index (χ2n) is 7.74. The molecule has 0 aromatic heterocycles. The molecule has 0 radical (unpaired) electrons. The molecule has 1 saturated heterocycles. The lowest BCUT2D eigenvalue weighted by atomic mass is 9.99. The molecule has 0 unspecified atom stereocenters. The van der Waals surface area contributed by atoms with E-state index < -0.39 is 10.0 Å². The molecule has 1 amide bonds. The van der Waals surface area contributed by atoms with Crippen LogP contribution >= 0.6 is 0 Å². The SMILES string of the molecule is CCCc1ccc(S(=O)(=O)N2CCN(C(=O)C[C@@H]3CCC[C@H]3N)CC2)cc1. The summed E-state index contributed by atoms with van der Waals surface area (Å²) in [6.45, 7) is 3.71. The minimum atomic E-state index is -3.50. The molecule has 1 aromatic carbocycles. The van der Waals surface area contributed by atoms with E-state index in [-0.39, 0.29) is 17.9 Å². The fourth-order valence-electron chi connectivity index (χ4n) is 4.12. The number of hydrogen-bond acceptors (Lipinski definition) is 4. The number of hydrogen-bond donors (Lipinski definition) is 1. The average Bonchev–Trinajstić information content (AvgIpc) is 3.07. The molecule has 2 N–H and O–H groups in total. The number of carbonyl (C=O) groups is 1. The number of nitrogens with two attached hydrogens (primary N) is 1. The maximum absolute atomic E-state index is 12.9. The van der Waals surface area contributed by atoms with Crippen LogP contribution in [-0.2, 0) is 21.2 Å². The third-order valence-electron chi connectivity index (χ3n) is 5.85. The van der Waals surface area contributed by atoms with Crippen molar-refractivity contribution in [3.8, 4) is 0 Å². The Hall–Kier alpha value is -1.44. The Balaban J connectivity index is 1.56. The van der Waals surface area contributed by atoms with Gasteiger partial charge in [-0.05, 0) is 42.9 Å². The number of benzene rings is 1. The van der Waals surface area contributed by atoms with E-state index in [0.29, 0.717) is 37.5 Å². The second kappa shape index (κ2) is 8.71. The van der Waals surface area contributed by atoms with Crippen molar-refractivity contribution in [2.24, 2.45) is 11.7 Å². The minimum Gasteiger partial charge on any atom is -0.340 e. The third kappa shape index (κ3) is 4.70. The van der Waals surface area contributed by atoms with Crippen molar-refractivity contribution in [2.45, 2.75) is 56.4 Å². The number of carbonyl (C=O) groups excluding carboxylic acids is 1. The van der Waals surface area contributed by atoms with Crippen molar-refractivity contribution in [1.82, 2.24) is 9.21 Å². The van der Waals surface area contributed by atoms with Crippen LogP contribution in [0.2, 0.25) is 0 Å². The van der Waals surface area contributed by atoms with Crippen LogP contribution in [-0.4, -0.2) is 55.8 Å². The molecule has 1 aliphatic carbocycles. The number of rotatable bonds is 6. The molecule has 150 valence electrons. The highest BCUT2D eigenvalue weighted by molar-refractivity contribution is 7.89. The van der Waals surface area contributed by atoms with Gasteiger partial charge in [-0.2, -0.15) is 4.31 Å². The monoisotopic (exact) mass is 393 g/mol. The lowest BCUT2D eigenvalue weighted by molar-refractivity contribution is -0.133. The molecule has 0 spiro atoms. The van der Waals surface area contributed by atoms with Crippen molar-refractivity contribution in [3.05, 3.63) is 29.8 Å². The molecule has 6 nitrogen and oxygen atoms in total. The van der Waals surface area contributed by atoms with Crippen LogP contribution in [0.25, 0.3) is 0 Å². The molecular formula is C20H31N3O3S. The van der Waals surface area contributed by atoms with Gasteiger partial charge in [-0.15, -0.1) is 0 Å². The van der Waals surface area contributed by atoms with E-state index in [4.69, 9.17) is 5.73 Å². The average molecular weight is 394 g/mol. The van der Waals surface area contributed by atoms with Crippen molar-refractivity contribution in [2.75, 3.05) is 26.2 Å². The highest BCUT2D eigenvalue weighted by Crippen LogP contribution is 2.28. The summed E-state index contributed by atoms with van der Waals surface area (Å²) < 4.78 is 27.2. The zero-order chi connectivity index (χ0) is 19.4. The molecule has 1 aliphatic heterocycles. The topological polar surface area (TPSA) is 83.7 Å². The van der Waals surface area contributed by atoms with Gasteiger partial charge in [-0.3, -0.25) is 4.79 Å². The maximum atomic E-state index is 12.9. The van der Waals surface area contributed by atoms with Gasteiger partial charge < -0.3 is 10.6 Å². The van der Waals surface area contributed by atoms with Crippen molar-refractivity contribution in [3.63, 3.8) is 0 Å². The summed E-state index contributed by atoms with van der Waals surface area (Å²) in [7, 11) is -3.50. The Morgan fingerprint density at radius 1 is 1.11 bits per heavy atom. The van der Waals surface area contributed by atoms with Gasteiger partial charge in [-0.25, -0.2) is 8.42 Å². The molecule has 2 atom stereocenters. The minimum absolute atomic E-state index is 0.110. The summed E-state index contributed by atoms with van der Waals surface area (Å²) in [5.74, 6) is 0.388. The van der Waals surface area contributed by atoms with Gasteiger partial charge in [-0.1, -0.05) is 31.9 Å². The normalized spacial score (nSPS) is 24.3. The lowest BCUT2D eigenvalue weighted by Crippen LogP contribution is -2.51. The number of sulfonamides is 1. The Kier molecular flexibility index (Phi) is 6.55. The molecule has 1 aromatic rings. The van der Waals surface area contributed by atoms with Crippen LogP contribution in [0.4, 0.5) is 0 Å². The summed E-state index contributed by atoms with van der Waals surface area (Å²) in [6.07, 6.45) is 5.60. The molecule has 2 aliphatic rings. The molecule has 3 rings (SSSR count). The van der Waals surface area contributed by atoms with Gasteiger partial charge in [0.15, 0.2) is 0 Å². The van der Waals surface area contributed by atoms with E-state index >= 15 is 0 Å². The van der Waals surface area contributed by atoms with E-state index in [2.05, 4.69) is 6.92 Å². The summed E-state index contributed by atoms with van der Waals surface area (Å²) >= 11 is 0. The smallest absolute Gasteiger partial charge is 0.243 e. The Morgan fingerprint density at radius 3 is 2.33 bits per heavy atom. The Bertz CT molecular complexity index is 740. The number of amides is 1. The van der Waals surface area contributed by atoms with Crippen LogP contribution in [0.1, 0.15) is 44.6 Å². The second-order valence-corrected chi connectivity index (χ2v) is 9.68. The van der Waals surface area contributed by atoms with Gasteiger partial charge in [0.2, 0.25) is 15.9 Å². The van der Waals surface area contributed by atoms with Crippen molar-refractivity contribution < 1.29 is 13.2 Å².